The highest BCUT2D eigenvalue weighted by molar-refractivity contribution is 7.17. The Kier molecular flexibility index (Phi) is 6.74. The van der Waals surface area contributed by atoms with Crippen molar-refractivity contribution in [2.45, 2.75) is 12.5 Å². The number of carbonyl (C=O) groups excluding carboxylic acids is 1. The molecule has 1 aliphatic heterocycles. The molecule has 1 atom stereocenters. The molecule has 1 amide bonds. The highest BCUT2D eigenvalue weighted by atomic mass is 32.1. The Hall–Kier alpha value is -4.43. The number of anilines is 2. The molecule has 0 aliphatic carbocycles. The highest BCUT2D eigenvalue weighted by Gasteiger charge is 2.27. The van der Waals surface area contributed by atoms with E-state index in [-0.39, 0.29) is 28.3 Å². The molecule has 3 N–H and O–H groups in total. The number of amides is 1. The molecule has 0 spiro atoms. The smallest absolute Gasteiger partial charge is 0.379 e. The number of hydrogen-bond donors (Lipinski definition) is 2. The Morgan fingerprint density at radius 3 is 2.65 bits per heavy atom. The van der Waals surface area contributed by atoms with Crippen LogP contribution >= 0.6 is 11.3 Å². The van der Waals surface area contributed by atoms with Gasteiger partial charge in [-0.2, -0.15) is 9.78 Å². The normalized spacial score (nSPS) is 14.9. The van der Waals surface area contributed by atoms with Gasteiger partial charge in [-0.3, -0.25) is 10.1 Å². The molecule has 1 aromatic carbocycles. The topological polar surface area (TPSA) is 166 Å². The van der Waals surface area contributed by atoms with E-state index in [0.29, 0.717) is 47.6 Å². The second-order valence-corrected chi connectivity index (χ2v) is 8.75. The van der Waals surface area contributed by atoms with Crippen molar-refractivity contribution in [3.63, 3.8) is 0 Å². The van der Waals surface area contributed by atoms with Gasteiger partial charge in [0.25, 0.3) is 5.91 Å². The maximum Gasteiger partial charge on any atom is 0.379 e. The van der Waals surface area contributed by atoms with Gasteiger partial charge in [0.15, 0.2) is 5.76 Å². The van der Waals surface area contributed by atoms with Gasteiger partial charge in [0, 0.05) is 18.1 Å². The third kappa shape index (κ3) is 4.83. The van der Waals surface area contributed by atoms with Crippen LogP contribution in [0, 0.1) is 0 Å². The Balaban J connectivity index is 1.54. The number of rotatable bonds is 8. The number of aromatic nitrogens is 4. The van der Waals surface area contributed by atoms with E-state index in [1.807, 2.05) is 0 Å². The van der Waals surface area contributed by atoms with Crippen molar-refractivity contribution >= 4 is 28.2 Å². The predicted octanol–water partition coefficient (Wildman–Crippen LogP) is 2.36. The number of nitrogens with one attached hydrogen (secondary N) is 1. The first-order chi connectivity index (χ1) is 18.0. The average molecular weight is 527 g/mol. The number of methoxy groups -OCH3 is 2. The first-order valence-corrected chi connectivity index (χ1v) is 11.9. The number of nitrogens with two attached hydrogens (primary N) is 1. The van der Waals surface area contributed by atoms with Crippen LogP contribution < -0.4 is 30.9 Å². The summed E-state index contributed by atoms with van der Waals surface area (Å²) in [5.74, 6) is 0.0992. The molecule has 0 radical (unpaired) electrons. The molecule has 1 fully saturated rings. The zero-order chi connectivity index (χ0) is 25.9. The van der Waals surface area contributed by atoms with Gasteiger partial charge in [-0.1, -0.05) is 17.4 Å². The van der Waals surface area contributed by atoms with E-state index in [9.17, 15) is 9.59 Å². The summed E-state index contributed by atoms with van der Waals surface area (Å²) in [4.78, 5) is 26.2. The molecule has 14 heteroatoms. The minimum absolute atomic E-state index is 0.0813. The second kappa shape index (κ2) is 10.3. The number of ether oxygens (including phenoxy) is 4. The Morgan fingerprint density at radius 2 is 2.00 bits per heavy atom. The van der Waals surface area contributed by atoms with Gasteiger partial charge in [-0.15, -0.1) is 10.2 Å². The molecule has 1 saturated heterocycles. The second-order valence-electron chi connectivity index (χ2n) is 7.79. The number of nitrogens with zero attached hydrogens (tertiary/aromatic N) is 4. The third-order valence-corrected chi connectivity index (χ3v) is 6.30. The SMILES string of the molecule is COc1cccc(OC)c1-c1cc(C(=O)Nc2nnc(-n3nccc3N)s2)oc(=O)c1O[C@@H]1CCOC1. The van der Waals surface area contributed by atoms with Crippen molar-refractivity contribution in [2.24, 2.45) is 0 Å². The summed E-state index contributed by atoms with van der Waals surface area (Å²) in [6, 6.07) is 8.15. The summed E-state index contributed by atoms with van der Waals surface area (Å²) in [7, 11) is 2.98. The van der Waals surface area contributed by atoms with E-state index < -0.39 is 11.5 Å². The van der Waals surface area contributed by atoms with Gasteiger partial charge in [0.1, 0.15) is 23.4 Å². The molecule has 3 aromatic heterocycles. The molecule has 4 heterocycles. The average Bonchev–Trinajstić information content (AvgIpc) is 3.67. The van der Waals surface area contributed by atoms with Gasteiger partial charge in [-0.05, 0) is 18.2 Å². The summed E-state index contributed by atoms with van der Waals surface area (Å²) in [6.45, 7) is 0.835. The van der Waals surface area contributed by atoms with E-state index in [0.717, 1.165) is 11.3 Å². The fraction of sp³-hybridized carbons (Fsp3) is 0.261. The first-order valence-electron chi connectivity index (χ1n) is 11.1. The number of carbonyl (C=O) groups is 1. The third-order valence-electron chi connectivity index (χ3n) is 5.49. The van der Waals surface area contributed by atoms with Crippen LogP contribution in [0.15, 0.2) is 45.7 Å². The molecule has 1 aliphatic rings. The first kappa shape index (κ1) is 24.3. The van der Waals surface area contributed by atoms with Crippen LogP contribution in [0.4, 0.5) is 10.9 Å². The van der Waals surface area contributed by atoms with Crippen molar-refractivity contribution in [3.05, 3.63) is 52.7 Å². The molecular formula is C23H22N6O7S. The molecule has 0 unspecified atom stereocenters. The van der Waals surface area contributed by atoms with Crippen molar-refractivity contribution in [1.29, 1.82) is 0 Å². The van der Waals surface area contributed by atoms with Gasteiger partial charge < -0.3 is 29.1 Å². The lowest BCUT2D eigenvalue weighted by molar-refractivity contribution is 0.0989. The summed E-state index contributed by atoms with van der Waals surface area (Å²) >= 11 is 1.04. The zero-order valence-electron chi connectivity index (χ0n) is 19.8. The van der Waals surface area contributed by atoms with Crippen molar-refractivity contribution in [3.8, 4) is 33.5 Å². The Morgan fingerprint density at radius 1 is 1.22 bits per heavy atom. The largest absolute Gasteiger partial charge is 0.496 e. The van der Waals surface area contributed by atoms with Crippen LogP contribution in [0.2, 0.25) is 0 Å². The maximum absolute atomic E-state index is 13.1. The lowest BCUT2D eigenvalue weighted by Gasteiger charge is -2.18. The van der Waals surface area contributed by atoms with E-state index >= 15 is 0 Å². The van der Waals surface area contributed by atoms with Gasteiger partial charge in [0.2, 0.25) is 16.0 Å². The fourth-order valence-corrected chi connectivity index (χ4v) is 4.48. The predicted molar refractivity (Wildman–Crippen MR) is 133 cm³/mol. The minimum atomic E-state index is -0.843. The van der Waals surface area contributed by atoms with Gasteiger partial charge >= 0.3 is 5.63 Å². The van der Waals surface area contributed by atoms with Gasteiger partial charge in [-0.25, -0.2) is 4.79 Å². The Labute approximate surface area is 213 Å². The van der Waals surface area contributed by atoms with Crippen molar-refractivity contribution in [2.75, 3.05) is 38.5 Å². The lowest BCUT2D eigenvalue weighted by Crippen LogP contribution is -2.22. The standard InChI is InChI=1S/C23H22N6O7S/c1-32-14-4-3-5-15(33-2)18(14)13-10-16(36-21(31)19(13)35-12-7-9-34-11-12)20(30)26-22-27-28-23(37-22)29-17(24)6-8-25-29/h3-6,8,10,12H,7,9,11,24H2,1-2H3,(H,26,27,30)/t12-/m1/s1. The monoisotopic (exact) mass is 526 g/mol. The highest BCUT2D eigenvalue weighted by Crippen LogP contribution is 2.42. The van der Waals surface area contributed by atoms with Crippen molar-refractivity contribution in [1.82, 2.24) is 20.0 Å². The molecule has 0 saturated carbocycles. The summed E-state index contributed by atoms with van der Waals surface area (Å²) in [5, 5.41) is 15.1. The van der Waals surface area contributed by atoms with Crippen LogP contribution in [0.3, 0.4) is 0 Å². The van der Waals surface area contributed by atoms with E-state index in [2.05, 4.69) is 20.6 Å². The zero-order valence-corrected chi connectivity index (χ0v) is 20.6. The van der Waals surface area contributed by atoms with Crippen LogP contribution in [-0.4, -0.2) is 59.4 Å². The van der Waals surface area contributed by atoms with Crippen molar-refractivity contribution < 1.29 is 28.2 Å². The van der Waals surface area contributed by atoms with Crippen LogP contribution in [0.1, 0.15) is 17.0 Å². The van der Waals surface area contributed by atoms with Gasteiger partial charge in [0.05, 0.1) is 39.2 Å². The van der Waals surface area contributed by atoms with E-state index in [4.69, 9.17) is 29.1 Å². The molecular weight excluding hydrogens is 504 g/mol. The molecule has 0 bridgehead atoms. The lowest BCUT2D eigenvalue weighted by atomic mass is 10.0. The molecule has 37 heavy (non-hydrogen) atoms. The molecule has 4 aromatic rings. The fourth-order valence-electron chi connectivity index (χ4n) is 3.76. The Bertz CT molecular complexity index is 1470. The van der Waals surface area contributed by atoms with Crippen LogP contribution in [-0.2, 0) is 4.74 Å². The summed E-state index contributed by atoms with van der Waals surface area (Å²) in [5.41, 5.74) is 5.70. The number of nitrogen functional groups attached to an aromatic ring is 1. The molecule has 5 rings (SSSR count). The van der Waals surface area contributed by atoms with E-state index in [1.165, 1.54) is 31.2 Å². The number of benzene rings is 1. The number of hydrogen-bond acceptors (Lipinski definition) is 12. The minimum Gasteiger partial charge on any atom is -0.496 e. The quantitative estimate of drug-likeness (QED) is 0.346. The van der Waals surface area contributed by atoms with E-state index in [1.54, 1.807) is 24.3 Å². The molecule has 13 nitrogen and oxygen atoms in total. The molecule has 192 valence electrons. The summed E-state index contributed by atoms with van der Waals surface area (Å²) in [6.07, 6.45) is 1.76. The maximum atomic E-state index is 13.1. The van der Waals surface area contributed by atoms with Crippen LogP contribution in [0.5, 0.6) is 17.2 Å². The van der Waals surface area contributed by atoms with Crippen LogP contribution in [0.25, 0.3) is 16.3 Å². The summed E-state index contributed by atoms with van der Waals surface area (Å²) < 4.78 is 29.1.